The van der Waals surface area contributed by atoms with E-state index in [0.717, 1.165) is 43.5 Å². The van der Waals surface area contributed by atoms with Crippen molar-refractivity contribution in [1.82, 2.24) is 15.2 Å². The zero-order chi connectivity index (χ0) is 23.3. The standard InChI is InChI=1S/C28H29N3O3/c32-19-22-9-10-27(29-18-22)34-24-8-4-5-21(16-24)15-20-11-13-31(14-12-20)28(33)30-26-17-25(26)23-6-2-1-3-7-23/h1-10,15-16,18,25-26,32H,11-14,17,19H2,(H,30,33)/t25?,26-/m1/s1. The van der Waals surface area contributed by atoms with Gasteiger partial charge in [-0.2, -0.15) is 0 Å². The number of nitrogens with zero attached hydrogens (tertiary/aromatic N) is 2. The molecule has 0 bridgehead atoms. The molecule has 3 aromatic rings. The summed E-state index contributed by atoms with van der Waals surface area (Å²) in [4.78, 5) is 18.9. The monoisotopic (exact) mass is 455 g/mol. The molecule has 174 valence electrons. The second kappa shape index (κ2) is 10.1. The first kappa shape index (κ1) is 22.2. The van der Waals surface area contributed by atoms with Crippen LogP contribution in [0.2, 0.25) is 0 Å². The zero-order valence-electron chi connectivity index (χ0n) is 19.1. The van der Waals surface area contributed by atoms with Crippen molar-refractivity contribution in [2.75, 3.05) is 13.1 Å². The summed E-state index contributed by atoms with van der Waals surface area (Å²) >= 11 is 0. The SMILES string of the molecule is O=C(N[C@@H]1CC1c1ccccc1)N1CCC(=Cc2cccc(Oc3ccc(CO)cn3)c2)CC1. The molecule has 2 amide bonds. The molecule has 5 rings (SSSR count). The smallest absolute Gasteiger partial charge is 0.317 e. The Bertz CT molecular complexity index is 1150. The molecule has 1 unspecified atom stereocenters. The van der Waals surface area contributed by atoms with Crippen LogP contribution >= 0.6 is 0 Å². The summed E-state index contributed by atoms with van der Waals surface area (Å²) in [5.74, 6) is 1.65. The average Bonchev–Trinajstić information content (AvgIpc) is 3.65. The molecule has 1 saturated heterocycles. The quantitative estimate of drug-likeness (QED) is 0.542. The van der Waals surface area contributed by atoms with Crippen molar-refractivity contribution in [2.24, 2.45) is 0 Å². The van der Waals surface area contributed by atoms with Crippen molar-refractivity contribution in [3.05, 3.63) is 95.2 Å². The van der Waals surface area contributed by atoms with Crippen molar-refractivity contribution in [2.45, 2.75) is 37.8 Å². The number of urea groups is 1. The van der Waals surface area contributed by atoms with Gasteiger partial charge < -0.3 is 20.1 Å². The van der Waals surface area contributed by atoms with Gasteiger partial charge in [0, 0.05) is 37.3 Å². The maximum atomic E-state index is 12.7. The zero-order valence-corrected chi connectivity index (χ0v) is 19.1. The largest absolute Gasteiger partial charge is 0.439 e. The minimum Gasteiger partial charge on any atom is -0.439 e. The molecule has 2 aliphatic rings. The first-order valence-corrected chi connectivity index (χ1v) is 11.8. The molecule has 2 heterocycles. The Balaban J connectivity index is 1.13. The molecule has 2 aromatic carbocycles. The minimum atomic E-state index is -0.0375. The number of likely N-dealkylation sites (tertiary alicyclic amines) is 1. The van der Waals surface area contributed by atoms with E-state index in [1.54, 1.807) is 18.3 Å². The number of pyridine rings is 1. The lowest BCUT2D eigenvalue weighted by Crippen LogP contribution is -2.44. The maximum absolute atomic E-state index is 12.7. The van der Waals surface area contributed by atoms with Gasteiger partial charge in [-0.25, -0.2) is 9.78 Å². The van der Waals surface area contributed by atoms with Crippen molar-refractivity contribution < 1.29 is 14.6 Å². The summed E-state index contributed by atoms with van der Waals surface area (Å²) < 4.78 is 5.86. The van der Waals surface area contributed by atoms with Crippen LogP contribution < -0.4 is 10.1 Å². The number of aliphatic hydroxyl groups is 1. The van der Waals surface area contributed by atoms with Gasteiger partial charge in [-0.3, -0.25) is 0 Å². The van der Waals surface area contributed by atoms with E-state index < -0.39 is 0 Å². The van der Waals surface area contributed by atoms with E-state index in [1.165, 1.54) is 11.1 Å². The number of carbonyl (C=O) groups excluding carboxylic acids is 1. The lowest BCUT2D eigenvalue weighted by molar-refractivity contribution is 0.193. The highest BCUT2D eigenvalue weighted by Gasteiger charge is 2.40. The molecule has 2 fully saturated rings. The summed E-state index contributed by atoms with van der Waals surface area (Å²) in [6.45, 7) is 1.43. The van der Waals surface area contributed by atoms with E-state index in [0.29, 0.717) is 17.5 Å². The van der Waals surface area contributed by atoms with Crippen LogP contribution in [-0.2, 0) is 6.61 Å². The van der Waals surface area contributed by atoms with Crippen LogP contribution in [0.3, 0.4) is 0 Å². The van der Waals surface area contributed by atoms with E-state index >= 15 is 0 Å². The van der Waals surface area contributed by atoms with E-state index in [2.05, 4.69) is 46.7 Å². The Kier molecular flexibility index (Phi) is 6.58. The first-order chi connectivity index (χ1) is 16.7. The van der Waals surface area contributed by atoms with Crippen molar-refractivity contribution in [3.63, 3.8) is 0 Å². The fraction of sp³-hybridized carbons (Fsp3) is 0.286. The second-order valence-electron chi connectivity index (χ2n) is 8.94. The van der Waals surface area contributed by atoms with Gasteiger partial charge in [-0.15, -0.1) is 0 Å². The topological polar surface area (TPSA) is 74.7 Å². The molecular formula is C28H29N3O3. The Labute approximate surface area is 199 Å². The van der Waals surface area contributed by atoms with Crippen LogP contribution in [-0.4, -0.2) is 40.2 Å². The Morgan fingerprint density at radius 2 is 1.91 bits per heavy atom. The highest BCUT2D eigenvalue weighted by atomic mass is 16.5. The predicted octanol–water partition coefficient (Wildman–Crippen LogP) is 5.11. The van der Waals surface area contributed by atoms with E-state index in [-0.39, 0.29) is 18.7 Å². The van der Waals surface area contributed by atoms with Crippen LogP contribution in [0, 0.1) is 0 Å². The summed E-state index contributed by atoms with van der Waals surface area (Å²) in [5, 5.41) is 12.3. The fourth-order valence-electron chi connectivity index (χ4n) is 4.40. The number of piperidine rings is 1. The van der Waals surface area contributed by atoms with Crippen molar-refractivity contribution >= 4 is 12.1 Å². The first-order valence-electron chi connectivity index (χ1n) is 11.8. The molecule has 0 radical (unpaired) electrons. The number of amides is 2. The number of hydrogen-bond donors (Lipinski definition) is 2. The maximum Gasteiger partial charge on any atom is 0.317 e. The molecule has 34 heavy (non-hydrogen) atoms. The van der Waals surface area contributed by atoms with Crippen LogP contribution in [0.5, 0.6) is 11.6 Å². The minimum absolute atomic E-state index is 0.0375. The molecule has 2 atom stereocenters. The van der Waals surface area contributed by atoms with Gasteiger partial charge in [-0.05, 0) is 54.2 Å². The van der Waals surface area contributed by atoms with Gasteiger partial charge in [-0.1, -0.05) is 54.1 Å². The van der Waals surface area contributed by atoms with Crippen molar-refractivity contribution in [3.8, 4) is 11.6 Å². The van der Waals surface area contributed by atoms with Gasteiger partial charge in [0.05, 0.1) is 6.61 Å². The van der Waals surface area contributed by atoms with Gasteiger partial charge in [0.25, 0.3) is 0 Å². The number of ether oxygens (including phenoxy) is 1. The summed E-state index contributed by atoms with van der Waals surface area (Å²) in [6.07, 6.45) is 6.56. The molecular weight excluding hydrogens is 426 g/mol. The Hall–Kier alpha value is -3.64. The molecule has 1 aromatic heterocycles. The predicted molar refractivity (Wildman–Crippen MR) is 132 cm³/mol. The van der Waals surface area contributed by atoms with Gasteiger partial charge >= 0.3 is 6.03 Å². The third-order valence-electron chi connectivity index (χ3n) is 6.45. The fourth-order valence-corrected chi connectivity index (χ4v) is 4.40. The lowest BCUT2D eigenvalue weighted by Gasteiger charge is -2.28. The number of aliphatic hydroxyl groups excluding tert-OH is 1. The molecule has 1 aliphatic carbocycles. The summed E-state index contributed by atoms with van der Waals surface area (Å²) in [7, 11) is 0. The molecule has 6 heteroatoms. The van der Waals surface area contributed by atoms with Gasteiger partial charge in [0.2, 0.25) is 5.88 Å². The normalized spacial score (nSPS) is 19.4. The lowest BCUT2D eigenvalue weighted by atomic mass is 10.0. The molecule has 2 N–H and O–H groups in total. The number of benzene rings is 2. The summed E-state index contributed by atoms with van der Waals surface area (Å²) in [5.41, 5.74) is 4.46. The number of carbonyl (C=O) groups is 1. The highest BCUT2D eigenvalue weighted by Crippen LogP contribution is 2.40. The van der Waals surface area contributed by atoms with Gasteiger partial charge in [0.15, 0.2) is 0 Å². The number of aromatic nitrogens is 1. The molecule has 1 saturated carbocycles. The van der Waals surface area contributed by atoms with Crippen molar-refractivity contribution in [1.29, 1.82) is 0 Å². The van der Waals surface area contributed by atoms with E-state index in [9.17, 15) is 4.79 Å². The van der Waals surface area contributed by atoms with Gasteiger partial charge in [0.1, 0.15) is 5.75 Å². The molecule has 6 nitrogen and oxygen atoms in total. The Morgan fingerprint density at radius 1 is 1.09 bits per heavy atom. The second-order valence-corrected chi connectivity index (χ2v) is 8.94. The number of hydrogen-bond acceptors (Lipinski definition) is 4. The molecule has 0 spiro atoms. The van der Waals surface area contributed by atoms with E-state index in [4.69, 9.17) is 9.84 Å². The van der Waals surface area contributed by atoms with E-state index in [1.807, 2.05) is 29.2 Å². The van der Waals surface area contributed by atoms with Crippen LogP contribution in [0.25, 0.3) is 6.08 Å². The highest BCUT2D eigenvalue weighted by molar-refractivity contribution is 5.75. The average molecular weight is 456 g/mol. The number of nitrogens with one attached hydrogen (secondary N) is 1. The third kappa shape index (κ3) is 5.46. The third-order valence-corrected chi connectivity index (χ3v) is 6.45. The number of rotatable bonds is 6. The van der Waals surface area contributed by atoms with Crippen LogP contribution in [0.1, 0.15) is 41.9 Å². The summed E-state index contributed by atoms with van der Waals surface area (Å²) in [6, 6.07) is 22.2. The molecule has 1 aliphatic heterocycles. The van der Waals surface area contributed by atoms with Crippen LogP contribution in [0.4, 0.5) is 4.79 Å². The van der Waals surface area contributed by atoms with Crippen LogP contribution in [0.15, 0.2) is 78.5 Å². The Morgan fingerprint density at radius 3 is 2.65 bits per heavy atom.